The number of hydrogen-bond donors (Lipinski definition) is 1. The maximum absolute atomic E-state index is 12.7. The van der Waals surface area contributed by atoms with E-state index in [1.807, 2.05) is 50.2 Å². The molecule has 4 rings (SSSR count). The van der Waals surface area contributed by atoms with Crippen LogP contribution in [0.25, 0.3) is 0 Å². The third kappa shape index (κ3) is 5.25. The van der Waals surface area contributed by atoms with Gasteiger partial charge < -0.3 is 15.0 Å². The maximum atomic E-state index is 12.7. The van der Waals surface area contributed by atoms with Crippen LogP contribution in [0.1, 0.15) is 23.4 Å². The van der Waals surface area contributed by atoms with Crippen LogP contribution in [-0.2, 0) is 16.1 Å². The number of anilines is 1. The van der Waals surface area contributed by atoms with Crippen LogP contribution in [0, 0.1) is 19.8 Å². The van der Waals surface area contributed by atoms with Crippen LogP contribution in [0.4, 0.5) is 5.69 Å². The quantitative estimate of drug-likeness (QED) is 0.659. The monoisotopic (exact) mass is 416 g/mol. The summed E-state index contributed by atoms with van der Waals surface area (Å²) in [5.41, 5.74) is 3.37. The predicted molar refractivity (Wildman–Crippen MR) is 117 cm³/mol. The average Bonchev–Trinajstić information content (AvgIpc) is 3.10. The van der Waals surface area contributed by atoms with Gasteiger partial charge in [-0.05, 0) is 49.7 Å². The van der Waals surface area contributed by atoms with Crippen LogP contribution in [0.5, 0.6) is 11.8 Å². The highest BCUT2D eigenvalue weighted by Crippen LogP contribution is 2.24. The number of carbonyl (C=O) groups is 2. The maximum Gasteiger partial charge on any atom is 0.322 e. The zero-order valence-electron chi connectivity index (χ0n) is 17.5. The summed E-state index contributed by atoms with van der Waals surface area (Å²) in [6.45, 7) is 4.71. The van der Waals surface area contributed by atoms with Gasteiger partial charge in [0, 0.05) is 36.6 Å². The van der Waals surface area contributed by atoms with Crippen LogP contribution in [-0.4, -0.2) is 33.2 Å². The number of aryl methyl sites for hydroxylation is 2. The number of rotatable bonds is 6. The number of carbonyl (C=O) groups excluding carboxylic acids is 2. The zero-order valence-corrected chi connectivity index (χ0v) is 17.5. The summed E-state index contributed by atoms with van der Waals surface area (Å²) in [6, 6.07) is 19.0. The number of likely N-dealkylation sites (tertiary alicyclic amines) is 1. The van der Waals surface area contributed by atoms with Crippen molar-refractivity contribution in [3.05, 3.63) is 77.6 Å². The van der Waals surface area contributed by atoms with E-state index in [1.54, 1.807) is 29.2 Å². The van der Waals surface area contributed by atoms with E-state index in [2.05, 4.69) is 15.3 Å². The van der Waals surface area contributed by atoms with Crippen molar-refractivity contribution in [2.75, 3.05) is 11.9 Å². The molecular weight excluding hydrogens is 392 g/mol. The summed E-state index contributed by atoms with van der Waals surface area (Å²) in [5.74, 6) is 0.0558. The molecule has 1 unspecified atom stereocenters. The van der Waals surface area contributed by atoms with E-state index in [-0.39, 0.29) is 30.2 Å². The summed E-state index contributed by atoms with van der Waals surface area (Å²) in [7, 11) is 0. The Morgan fingerprint density at radius 3 is 2.42 bits per heavy atom. The summed E-state index contributed by atoms with van der Waals surface area (Å²) in [6.07, 6.45) is 0.226. The van der Waals surface area contributed by atoms with Gasteiger partial charge >= 0.3 is 6.01 Å². The fourth-order valence-electron chi connectivity index (χ4n) is 3.60. The minimum absolute atomic E-state index is 0.00111. The molecule has 158 valence electrons. The molecule has 1 aliphatic heterocycles. The van der Waals surface area contributed by atoms with Gasteiger partial charge in [-0.3, -0.25) is 9.59 Å². The molecule has 1 N–H and O–H groups in total. The lowest BCUT2D eigenvalue weighted by Gasteiger charge is -2.16. The minimum atomic E-state index is -0.365. The lowest BCUT2D eigenvalue weighted by atomic mass is 10.1. The first-order chi connectivity index (χ1) is 15.0. The number of nitrogens with zero attached hydrogens (tertiary/aromatic N) is 3. The summed E-state index contributed by atoms with van der Waals surface area (Å²) in [5, 5.41) is 2.89. The zero-order chi connectivity index (χ0) is 21.8. The van der Waals surface area contributed by atoms with Gasteiger partial charge in [0.1, 0.15) is 5.75 Å². The van der Waals surface area contributed by atoms with Gasteiger partial charge in [-0.15, -0.1) is 0 Å². The van der Waals surface area contributed by atoms with Crippen molar-refractivity contribution in [3.8, 4) is 11.8 Å². The van der Waals surface area contributed by atoms with Crippen LogP contribution in [0.15, 0.2) is 60.7 Å². The molecule has 2 heterocycles. The van der Waals surface area contributed by atoms with Crippen molar-refractivity contribution in [1.29, 1.82) is 0 Å². The lowest BCUT2D eigenvalue weighted by Crippen LogP contribution is -2.28. The van der Waals surface area contributed by atoms with Crippen LogP contribution in [0.2, 0.25) is 0 Å². The second kappa shape index (κ2) is 8.95. The fraction of sp³-hybridized carbons (Fsp3) is 0.250. The van der Waals surface area contributed by atoms with E-state index in [4.69, 9.17) is 4.74 Å². The Morgan fingerprint density at radius 1 is 1.06 bits per heavy atom. The van der Waals surface area contributed by atoms with Gasteiger partial charge in [0.15, 0.2) is 0 Å². The molecule has 1 fully saturated rings. The smallest absolute Gasteiger partial charge is 0.322 e. The van der Waals surface area contributed by atoms with Gasteiger partial charge in [-0.1, -0.05) is 30.3 Å². The number of hydrogen-bond acceptors (Lipinski definition) is 5. The Labute approximate surface area is 181 Å². The van der Waals surface area contributed by atoms with Gasteiger partial charge in [0.05, 0.1) is 5.92 Å². The average molecular weight is 416 g/mol. The number of benzene rings is 2. The molecule has 7 nitrogen and oxygen atoms in total. The molecule has 0 aliphatic carbocycles. The SMILES string of the molecule is Cc1cc(C)nc(Oc2ccc(NC(=O)C3CC(=O)N(Cc4ccccc4)C3)cc2)n1. The molecule has 1 atom stereocenters. The Hall–Kier alpha value is -3.74. The topological polar surface area (TPSA) is 84.4 Å². The molecule has 0 saturated carbocycles. The van der Waals surface area contributed by atoms with Crippen LogP contribution >= 0.6 is 0 Å². The Morgan fingerprint density at radius 2 is 1.74 bits per heavy atom. The number of ether oxygens (including phenoxy) is 1. The normalized spacial score (nSPS) is 15.7. The van der Waals surface area contributed by atoms with Crippen molar-refractivity contribution < 1.29 is 14.3 Å². The van der Waals surface area contributed by atoms with Crippen LogP contribution in [0.3, 0.4) is 0 Å². The molecule has 3 aromatic rings. The Kier molecular flexibility index (Phi) is 5.93. The highest BCUT2D eigenvalue weighted by molar-refractivity contribution is 5.97. The number of amides is 2. The molecule has 2 aromatic carbocycles. The van der Waals surface area contributed by atoms with Crippen molar-refractivity contribution in [1.82, 2.24) is 14.9 Å². The molecule has 31 heavy (non-hydrogen) atoms. The van der Waals surface area contributed by atoms with E-state index in [9.17, 15) is 9.59 Å². The number of aromatic nitrogens is 2. The third-order valence-electron chi connectivity index (χ3n) is 5.09. The lowest BCUT2D eigenvalue weighted by molar-refractivity contribution is -0.128. The van der Waals surface area contributed by atoms with E-state index < -0.39 is 0 Å². The molecular formula is C24H24N4O3. The number of nitrogens with one attached hydrogen (secondary N) is 1. The van der Waals surface area contributed by atoms with Crippen molar-refractivity contribution in [2.24, 2.45) is 5.92 Å². The van der Waals surface area contributed by atoms with E-state index >= 15 is 0 Å². The van der Waals surface area contributed by atoms with Gasteiger partial charge in [-0.2, -0.15) is 0 Å². The molecule has 1 saturated heterocycles. The van der Waals surface area contributed by atoms with E-state index in [0.29, 0.717) is 24.5 Å². The predicted octanol–water partition coefficient (Wildman–Crippen LogP) is 3.87. The van der Waals surface area contributed by atoms with Crippen molar-refractivity contribution in [2.45, 2.75) is 26.8 Å². The molecule has 0 radical (unpaired) electrons. The highest BCUT2D eigenvalue weighted by Gasteiger charge is 2.34. The molecule has 1 aromatic heterocycles. The first-order valence-electron chi connectivity index (χ1n) is 10.2. The van der Waals surface area contributed by atoms with Gasteiger partial charge in [0.2, 0.25) is 11.8 Å². The first-order valence-corrected chi connectivity index (χ1v) is 10.2. The molecule has 1 aliphatic rings. The second-order valence-corrected chi connectivity index (χ2v) is 7.71. The Bertz CT molecular complexity index is 1060. The molecule has 2 amide bonds. The summed E-state index contributed by atoms with van der Waals surface area (Å²) < 4.78 is 5.70. The van der Waals surface area contributed by atoms with Gasteiger partial charge in [-0.25, -0.2) is 9.97 Å². The summed E-state index contributed by atoms with van der Waals surface area (Å²) >= 11 is 0. The van der Waals surface area contributed by atoms with E-state index in [1.165, 1.54) is 0 Å². The van der Waals surface area contributed by atoms with E-state index in [0.717, 1.165) is 17.0 Å². The van der Waals surface area contributed by atoms with Crippen LogP contribution < -0.4 is 10.1 Å². The standard InChI is InChI=1S/C24H24N4O3/c1-16-12-17(2)26-24(25-16)31-21-10-8-20(9-11-21)27-23(30)19-13-22(29)28(15-19)14-18-6-4-3-5-7-18/h3-12,19H,13-15H2,1-2H3,(H,27,30). The summed E-state index contributed by atoms with van der Waals surface area (Å²) in [4.78, 5) is 35.2. The van der Waals surface area contributed by atoms with Crippen molar-refractivity contribution in [3.63, 3.8) is 0 Å². The largest absolute Gasteiger partial charge is 0.424 e. The van der Waals surface area contributed by atoms with Crippen molar-refractivity contribution >= 4 is 17.5 Å². The molecule has 0 spiro atoms. The molecule has 0 bridgehead atoms. The minimum Gasteiger partial charge on any atom is -0.424 e. The molecule has 7 heteroatoms. The first kappa shape index (κ1) is 20.5. The Balaban J connectivity index is 1.34. The van der Waals surface area contributed by atoms with Gasteiger partial charge in [0.25, 0.3) is 0 Å². The highest BCUT2D eigenvalue weighted by atomic mass is 16.5. The fourth-order valence-corrected chi connectivity index (χ4v) is 3.60. The third-order valence-corrected chi connectivity index (χ3v) is 5.09. The second-order valence-electron chi connectivity index (χ2n) is 7.71.